The molecule has 1 aliphatic rings. The molecule has 3 aromatic rings. The van der Waals surface area contributed by atoms with E-state index in [-0.39, 0.29) is 29.7 Å². The average Bonchev–Trinajstić information content (AvgIpc) is 2.91. The van der Waals surface area contributed by atoms with E-state index in [9.17, 15) is 14.3 Å². The number of benzene rings is 3. The van der Waals surface area contributed by atoms with Crippen LogP contribution in [-0.4, -0.2) is 46.0 Å². The Labute approximate surface area is 214 Å². The highest BCUT2D eigenvalue weighted by atomic mass is 19.1. The largest absolute Gasteiger partial charge is 0.390 e. The van der Waals surface area contributed by atoms with Gasteiger partial charge in [0.05, 0.1) is 6.10 Å². The van der Waals surface area contributed by atoms with E-state index in [1.165, 1.54) is 23.3 Å². The molecular formula is C31H37FN2O2. The summed E-state index contributed by atoms with van der Waals surface area (Å²) in [4.78, 5) is 17.4. The fourth-order valence-electron chi connectivity index (χ4n) is 5.25. The van der Waals surface area contributed by atoms with Crippen LogP contribution in [0.2, 0.25) is 0 Å². The zero-order valence-corrected chi connectivity index (χ0v) is 21.3. The van der Waals surface area contributed by atoms with Gasteiger partial charge in [0.15, 0.2) is 0 Å². The first-order valence-electron chi connectivity index (χ1n) is 13.0. The van der Waals surface area contributed by atoms with Crippen molar-refractivity contribution in [2.24, 2.45) is 5.92 Å². The first-order valence-corrected chi connectivity index (χ1v) is 13.0. The molecule has 3 aromatic carbocycles. The quantitative estimate of drug-likeness (QED) is 0.403. The first kappa shape index (κ1) is 26.1. The van der Waals surface area contributed by atoms with Crippen LogP contribution in [-0.2, 0) is 17.8 Å². The maximum Gasteiger partial charge on any atom is 0.226 e. The molecule has 1 fully saturated rings. The van der Waals surface area contributed by atoms with Crippen LogP contribution in [0.5, 0.6) is 0 Å². The summed E-state index contributed by atoms with van der Waals surface area (Å²) in [6.45, 7) is 5.90. The summed E-state index contributed by atoms with van der Waals surface area (Å²) in [5.74, 6) is -0.310. The lowest BCUT2D eigenvalue weighted by Gasteiger charge is -2.40. The van der Waals surface area contributed by atoms with Crippen LogP contribution in [0, 0.1) is 11.7 Å². The van der Waals surface area contributed by atoms with Crippen molar-refractivity contribution >= 4 is 5.91 Å². The highest BCUT2D eigenvalue weighted by Gasteiger charge is 2.33. The van der Waals surface area contributed by atoms with Crippen molar-refractivity contribution in [3.63, 3.8) is 0 Å². The molecule has 190 valence electrons. The van der Waals surface area contributed by atoms with E-state index >= 15 is 0 Å². The standard InChI is InChI=1S/C31H37FN2O2/c1-23(27-12-7-4-8-13-27)34(21-26-10-5-3-6-11-26)24(2)30(35)22-33-19-9-14-28(31(33)36)20-25-15-17-29(32)18-16-25/h3-8,10-13,15-18,23-24,28,30,35H,9,14,19-22H2,1-2H3/t23-,24-,28?,30?/m1/s1. The van der Waals surface area contributed by atoms with E-state index in [1.54, 1.807) is 12.1 Å². The number of nitrogens with zero attached hydrogens (tertiary/aromatic N) is 2. The summed E-state index contributed by atoms with van der Waals surface area (Å²) in [6.07, 6.45) is 1.65. The minimum absolute atomic E-state index is 0.0857. The Hall–Kier alpha value is -3.02. The zero-order valence-electron chi connectivity index (χ0n) is 21.3. The lowest BCUT2D eigenvalue weighted by atomic mass is 9.90. The highest BCUT2D eigenvalue weighted by molar-refractivity contribution is 5.80. The van der Waals surface area contributed by atoms with Gasteiger partial charge in [-0.2, -0.15) is 0 Å². The van der Waals surface area contributed by atoms with Gasteiger partial charge in [0.2, 0.25) is 5.91 Å². The molecule has 2 unspecified atom stereocenters. The van der Waals surface area contributed by atoms with Crippen molar-refractivity contribution in [3.8, 4) is 0 Å². The molecule has 0 spiro atoms. The number of carbonyl (C=O) groups is 1. The van der Waals surface area contributed by atoms with E-state index in [4.69, 9.17) is 0 Å². The molecule has 4 atom stereocenters. The average molecular weight is 489 g/mol. The summed E-state index contributed by atoms with van der Waals surface area (Å²) in [5.41, 5.74) is 3.35. The summed E-state index contributed by atoms with van der Waals surface area (Å²) >= 11 is 0. The van der Waals surface area contributed by atoms with Gasteiger partial charge in [0.1, 0.15) is 5.82 Å². The molecule has 0 saturated carbocycles. The Morgan fingerprint density at radius 1 is 0.944 bits per heavy atom. The molecule has 0 aliphatic carbocycles. The number of likely N-dealkylation sites (tertiary alicyclic amines) is 1. The van der Waals surface area contributed by atoms with Gasteiger partial charge < -0.3 is 10.0 Å². The predicted octanol–water partition coefficient (Wildman–Crippen LogP) is 5.62. The number of hydrogen-bond acceptors (Lipinski definition) is 3. The van der Waals surface area contributed by atoms with Gasteiger partial charge in [-0.05, 0) is 61.9 Å². The summed E-state index contributed by atoms with van der Waals surface area (Å²) in [5, 5.41) is 11.4. The Balaban J connectivity index is 1.45. The molecule has 1 amide bonds. The number of amides is 1. The molecule has 5 heteroatoms. The Kier molecular flexibility index (Phi) is 8.89. The van der Waals surface area contributed by atoms with Gasteiger partial charge in [0, 0.05) is 37.6 Å². The van der Waals surface area contributed by atoms with Crippen molar-refractivity contribution in [1.29, 1.82) is 0 Å². The first-order chi connectivity index (χ1) is 17.4. The number of hydrogen-bond donors (Lipinski definition) is 1. The molecule has 1 saturated heterocycles. The smallest absolute Gasteiger partial charge is 0.226 e. The van der Waals surface area contributed by atoms with Crippen molar-refractivity contribution in [2.75, 3.05) is 13.1 Å². The minimum atomic E-state index is -0.687. The fraction of sp³-hybridized carbons (Fsp3) is 0.387. The van der Waals surface area contributed by atoms with Crippen LogP contribution < -0.4 is 0 Å². The van der Waals surface area contributed by atoms with Crippen molar-refractivity contribution < 1.29 is 14.3 Å². The highest BCUT2D eigenvalue weighted by Crippen LogP contribution is 2.28. The number of carbonyl (C=O) groups excluding carboxylic acids is 1. The van der Waals surface area contributed by atoms with E-state index in [2.05, 4.69) is 43.0 Å². The molecule has 0 radical (unpaired) electrons. The predicted molar refractivity (Wildman–Crippen MR) is 142 cm³/mol. The molecule has 36 heavy (non-hydrogen) atoms. The third kappa shape index (κ3) is 6.59. The number of halogens is 1. The van der Waals surface area contributed by atoms with E-state index < -0.39 is 6.10 Å². The number of β-amino-alcohol motifs (C(OH)–C–C–N with tert-alkyl or cyclic N) is 1. The second-order valence-corrected chi connectivity index (χ2v) is 10.0. The van der Waals surface area contributed by atoms with Gasteiger partial charge in [-0.3, -0.25) is 9.69 Å². The molecule has 1 aliphatic heterocycles. The van der Waals surface area contributed by atoms with Crippen LogP contribution in [0.1, 0.15) is 49.4 Å². The lowest BCUT2D eigenvalue weighted by Crippen LogP contribution is -2.51. The molecule has 4 nitrogen and oxygen atoms in total. The molecular weight excluding hydrogens is 451 g/mol. The Morgan fingerprint density at radius 3 is 2.25 bits per heavy atom. The minimum Gasteiger partial charge on any atom is -0.390 e. The summed E-state index contributed by atoms with van der Waals surface area (Å²) in [6, 6.07) is 27.0. The van der Waals surface area contributed by atoms with E-state index in [1.807, 2.05) is 41.3 Å². The summed E-state index contributed by atoms with van der Waals surface area (Å²) < 4.78 is 13.3. The molecule has 0 bridgehead atoms. The van der Waals surface area contributed by atoms with Gasteiger partial charge in [0.25, 0.3) is 0 Å². The van der Waals surface area contributed by atoms with Gasteiger partial charge in [-0.1, -0.05) is 72.8 Å². The lowest BCUT2D eigenvalue weighted by molar-refractivity contribution is -0.140. The van der Waals surface area contributed by atoms with E-state index in [0.29, 0.717) is 26.1 Å². The molecule has 1 N–H and O–H groups in total. The monoisotopic (exact) mass is 488 g/mol. The van der Waals surface area contributed by atoms with Crippen molar-refractivity contribution in [3.05, 3.63) is 107 Å². The van der Waals surface area contributed by atoms with Gasteiger partial charge >= 0.3 is 0 Å². The number of aliphatic hydroxyl groups is 1. The van der Waals surface area contributed by atoms with Gasteiger partial charge in [-0.15, -0.1) is 0 Å². The number of aliphatic hydroxyl groups excluding tert-OH is 1. The van der Waals surface area contributed by atoms with Crippen LogP contribution in [0.4, 0.5) is 4.39 Å². The third-order valence-electron chi connectivity index (χ3n) is 7.51. The summed E-state index contributed by atoms with van der Waals surface area (Å²) in [7, 11) is 0. The maximum atomic E-state index is 13.3. The Morgan fingerprint density at radius 2 is 1.58 bits per heavy atom. The third-order valence-corrected chi connectivity index (χ3v) is 7.51. The van der Waals surface area contributed by atoms with E-state index in [0.717, 1.165) is 18.4 Å². The maximum absolute atomic E-state index is 13.3. The van der Waals surface area contributed by atoms with Crippen LogP contribution in [0.25, 0.3) is 0 Å². The fourth-order valence-corrected chi connectivity index (χ4v) is 5.25. The Bertz CT molecular complexity index is 1090. The topological polar surface area (TPSA) is 43.8 Å². The van der Waals surface area contributed by atoms with Crippen LogP contribution >= 0.6 is 0 Å². The van der Waals surface area contributed by atoms with Crippen molar-refractivity contribution in [2.45, 2.75) is 57.8 Å². The molecule has 4 rings (SSSR count). The van der Waals surface area contributed by atoms with Crippen molar-refractivity contribution in [1.82, 2.24) is 9.80 Å². The number of rotatable bonds is 10. The normalized spacial score (nSPS) is 18.8. The molecule has 0 aromatic heterocycles. The second-order valence-electron chi connectivity index (χ2n) is 10.0. The SMILES string of the molecule is C[C@H](c1ccccc1)N(Cc1ccccc1)[C@H](C)C(O)CN1CCCC(Cc2ccc(F)cc2)C1=O. The number of piperidine rings is 1. The zero-order chi connectivity index (χ0) is 25.5. The van der Waals surface area contributed by atoms with Crippen LogP contribution in [0.15, 0.2) is 84.9 Å². The second kappa shape index (κ2) is 12.3. The molecule has 1 heterocycles. The van der Waals surface area contributed by atoms with Crippen LogP contribution in [0.3, 0.4) is 0 Å². The van der Waals surface area contributed by atoms with Gasteiger partial charge in [-0.25, -0.2) is 4.39 Å².